The van der Waals surface area contributed by atoms with Crippen LogP contribution in [0.5, 0.6) is 5.75 Å². The maximum atomic E-state index is 12.3. The molecule has 0 bridgehead atoms. The van der Waals surface area contributed by atoms with Gasteiger partial charge in [-0.15, -0.1) is 12.4 Å². The molecule has 0 aromatic heterocycles. The van der Waals surface area contributed by atoms with Crippen molar-refractivity contribution in [1.82, 2.24) is 0 Å². The summed E-state index contributed by atoms with van der Waals surface area (Å²) >= 11 is 0. The zero-order chi connectivity index (χ0) is 11.5. The zero-order valence-electron chi connectivity index (χ0n) is 8.62. The number of hydrogen-bond donors (Lipinski definition) is 1. The lowest BCUT2D eigenvalue weighted by molar-refractivity contribution is -0.149. The molecule has 0 radical (unpaired) electrons. The molecule has 92 valence electrons. The highest BCUT2D eigenvalue weighted by atomic mass is 35.5. The molecule has 1 atom stereocenters. The molecule has 0 amide bonds. The van der Waals surface area contributed by atoms with Gasteiger partial charge in [-0.25, -0.2) is 0 Å². The first-order valence-electron chi connectivity index (χ1n) is 4.50. The van der Waals surface area contributed by atoms with Gasteiger partial charge in [-0.3, -0.25) is 0 Å². The van der Waals surface area contributed by atoms with Crippen molar-refractivity contribution < 1.29 is 17.9 Å². The lowest BCUT2D eigenvalue weighted by Crippen LogP contribution is -2.28. The fourth-order valence-electron chi connectivity index (χ4n) is 1.15. The molecule has 0 unspecified atom stereocenters. The fraction of sp³-hybridized carbons (Fsp3) is 0.400. The van der Waals surface area contributed by atoms with Gasteiger partial charge < -0.3 is 10.5 Å². The number of hydrogen-bond acceptors (Lipinski definition) is 2. The fourth-order valence-corrected chi connectivity index (χ4v) is 1.15. The smallest absolute Gasteiger partial charge is 0.407 e. The van der Waals surface area contributed by atoms with Crippen molar-refractivity contribution in [2.75, 3.05) is 6.61 Å². The standard InChI is InChI=1S/C10H12F3NO.ClH/c1-2-15-8-5-3-4-7(6-8)9(14)10(11,12)13;/h3-6,9H,2,14H2,1H3;1H/t9-;/m0./s1. The summed E-state index contributed by atoms with van der Waals surface area (Å²) in [6.45, 7) is 2.17. The molecule has 0 fully saturated rings. The zero-order valence-corrected chi connectivity index (χ0v) is 9.44. The second kappa shape index (κ2) is 5.96. The Morgan fingerprint density at radius 2 is 2.00 bits per heavy atom. The predicted molar refractivity (Wildman–Crippen MR) is 57.8 cm³/mol. The number of benzene rings is 1. The first-order valence-corrected chi connectivity index (χ1v) is 4.50. The van der Waals surface area contributed by atoms with Crippen LogP contribution in [0.1, 0.15) is 18.5 Å². The highest BCUT2D eigenvalue weighted by Gasteiger charge is 2.37. The Morgan fingerprint density at radius 1 is 1.38 bits per heavy atom. The molecule has 1 rings (SSSR count). The van der Waals surface area contributed by atoms with Crippen molar-refractivity contribution in [3.8, 4) is 5.75 Å². The van der Waals surface area contributed by atoms with Crippen LogP contribution in [0.15, 0.2) is 24.3 Å². The van der Waals surface area contributed by atoms with E-state index in [4.69, 9.17) is 10.5 Å². The summed E-state index contributed by atoms with van der Waals surface area (Å²) in [5.41, 5.74) is 5.06. The van der Waals surface area contributed by atoms with Gasteiger partial charge in [0.05, 0.1) is 6.61 Å². The molecule has 0 saturated heterocycles. The Balaban J connectivity index is 0.00000225. The average molecular weight is 256 g/mol. The third-order valence-electron chi connectivity index (χ3n) is 1.88. The van der Waals surface area contributed by atoms with Crippen LogP contribution in [0, 0.1) is 0 Å². The highest BCUT2D eigenvalue weighted by molar-refractivity contribution is 5.85. The molecule has 0 aliphatic rings. The van der Waals surface area contributed by atoms with E-state index in [1.165, 1.54) is 18.2 Å². The summed E-state index contributed by atoms with van der Waals surface area (Å²) in [7, 11) is 0. The van der Waals surface area contributed by atoms with Gasteiger partial charge in [0, 0.05) is 0 Å². The van der Waals surface area contributed by atoms with Gasteiger partial charge in [0.25, 0.3) is 0 Å². The topological polar surface area (TPSA) is 35.2 Å². The number of alkyl halides is 3. The third kappa shape index (κ3) is 3.90. The molecular formula is C10H13ClF3NO. The third-order valence-corrected chi connectivity index (χ3v) is 1.88. The minimum atomic E-state index is -4.43. The second-order valence-corrected chi connectivity index (χ2v) is 3.02. The number of nitrogens with two attached hydrogens (primary N) is 1. The van der Waals surface area contributed by atoms with E-state index in [1.807, 2.05) is 0 Å². The van der Waals surface area contributed by atoms with E-state index in [2.05, 4.69) is 0 Å². The molecule has 6 heteroatoms. The van der Waals surface area contributed by atoms with Crippen molar-refractivity contribution in [3.05, 3.63) is 29.8 Å². The summed E-state index contributed by atoms with van der Waals surface area (Å²) in [6, 6.07) is 3.77. The Bertz CT molecular complexity index is 330. The minimum absolute atomic E-state index is 0. The first kappa shape index (κ1) is 15.1. The van der Waals surface area contributed by atoms with Gasteiger partial charge in [0.1, 0.15) is 11.8 Å². The Morgan fingerprint density at radius 3 is 2.50 bits per heavy atom. The second-order valence-electron chi connectivity index (χ2n) is 3.02. The van der Waals surface area contributed by atoms with Crippen molar-refractivity contribution >= 4 is 12.4 Å². The van der Waals surface area contributed by atoms with Crippen LogP contribution in [0.4, 0.5) is 13.2 Å². The SMILES string of the molecule is CCOc1cccc([C@H](N)C(F)(F)F)c1.Cl. The van der Waals surface area contributed by atoms with Crippen LogP contribution in [-0.2, 0) is 0 Å². The van der Waals surface area contributed by atoms with Crippen molar-refractivity contribution in [3.63, 3.8) is 0 Å². The number of ether oxygens (including phenoxy) is 1. The van der Waals surface area contributed by atoms with E-state index in [0.717, 1.165) is 0 Å². The normalized spacial score (nSPS) is 12.8. The molecule has 2 nitrogen and oxygen atoms in total. The maximum absolute atomic E-state index is 12.3. The Kier molecular flexibility index (Phi) is 5.61. The van der Waals surface area contributed by atoms with E-state index >= 15 is 0 Å². The lowest BCUT2D eigenvalue weighted by atomic mass is 10.1. The predicted octanol–water partition coefficient (Wildman–Crippen LogP) is 3.07. The molecule has 1 aromatic rings. The van der Waals surface area contributed by atoms with E-state index in [1.54, 1.807) is 13.0 Å². The lowest BCUT2D eigenvalue weighted by Gasteiger charge is -2.16. The van der Waals surface area contributed by atoms with Gasteiger partial charge in [0.2, 0.25) is 0 Å². The maximum Gasteiger partial charge on any atom is 0.407 e. The molecule has 0 heterocycles. The van der Waals surface area contributed by atoms with Gasteiger partial charge in [-0.1, -0.05) is 12.1 Å². The van der Waals surface area contributed by atoms with Crippen LogP contribution in [0.2, 0.25) is 0 Å². The summed E-state index contributed by atoms with van der Waals surface area (Å²) in [5.74, 6) is 0.398. The summed E-state index contributed by atoms with van der Waals surface area (Å²) in [5, 5.41) is 0. The molecule has 1 aromatic carbocycles. The summed E-state index contributed by atoms with van der Waals surface area (Å²) < 4.78 is 41.9. The molecule has 2 N–H and O–H groups in total. The summed E-state index contributed by atoms with van der Waals surface area (Å²) in [6.07, 6.45) is -4.43. The monoisotopic (exact) mass is 255 g/mol. The van der Waals surface area contributed by atoms with Crippen molar-refractivity contribution in [2.24, 2.45) is 5.73 Å². The quantitative estimate of drug-likeness (QED) is 0.901. The molecule has 16 heavy (non-hydrogen) atoms. The van der Waals surface area contributed by atoms with Crippen LogP contribution >= 0.6 is 12.4 Å². The van der Waals surface area contributed by atoms with E-state index in [9.17, 15) is 13.2 Å². The van der Waals surface area contributed by atoms with Crippen LogP contribution in [0.3, 0.4) is 0 Å². The van der Waals surface area contributed by atoms with Crippen LogP contribution in [0.25, 0.3) is 0 Å². The minimum Gasteiger partial charge on any atom is -0.494 e. The Labute approximate surface area is 98.0 Å². The Hall–Kier alpha value is -0.940. The number of rotatable bonds is 3. The molecule has 0 aliphatic carbocycles. The molecule has 0 spiro atoms. The van der Waals surface area contributed by atoms with Crippen LogP contribution < -0.4 is 10.5 Å². The van der Waals surface area contributed by atoms with Crippen LogP contribution in [-0.4, -0.2) is 12.8 Å². The van der Waals surface area contributed by atoms with E-state index in [-0.39, 0.29) is 18.0 Å². The first-order chi connectivity index (χ1) is 6.95. The molecule has 0 saturated carbocycles. The highest BCUT2D eigenvalue weighted by Crippen LogP contribution is 2.31. The largest absolute Gasteiger partial charge is 0.494 e. The van der Waals surface area contributed by atoms with Crippen molar-refractivity contribution in [1.29, 1.82) is 0 Å². The average Bonchev–Trinajstić information content (AvgIpc) is 2.16. The van der Waals surface area contributed by atoms with Gasteiger partial charge in [-0.2, -0.15) is 13.2 Å². The van der Waals surface area contributed by atoms with Gasteiger partial charge >= 0.3 is 6.18 Å². The molecular weight excluding hydrogens is 243 g/mol. The molecule has 0 aliphatic heterocycles. The van der Waals surface area contributed by atoms with Crippen molar-refractivity contribution in [2.45, 2.75) is 19.1 Å². The van der Waals surface area contributed by atoms with Gasteiger partial charge in [-0.05, 0) is 24.6 Å². The van der Waals surface area contributed by atoms with E-state index in [0.29, 0.717) is 12.4 Å². The van der Waals surface area contributed by atoms with E-state index < -0.39 is 12.2 Å². The van der Waals surface area contributed by atoms with Gasteiger partial charge in [0.15, 0.2) is 0 Å². The number of halogens is 4. The summed E-state index contributed by atoms with van der Waals surface area (Å²) in [4.78, 5) is 0.